The number of ether oxygens (including phenoxy) is 2. The molecule has 2 fully saturated rings. The Morgan fingerprint density at radius 3 is 2.48 bits per heavy atom. The maximum Gasteiger partial charge on any atom is 0.225 e. The molecule has 0 bridgehead atoms. The molecule has 0 radical (unpaired) electrons. The van der Waals surface area contributed by atoms with Crippen LogP contribution in [0.15, 0.2) is 42.7 Å². The van der Waals surface area contributed by atoms with Gasteiger partial charge in [0.25, 0.3) is 0 Å². The first-order valence-electron chi connectivity index (χ1n) is 9.73. The number of benzene rings is 1. The molecule has 0 saturated carbocycles. The maximum atomic E-state index is 6.90. The van der Waals surface area contributed by atoms with Crippen molar-refractivity contribution in [3.05, 3.63) is 59.9 Å². The zero-order valence-electron chi connectivity index (χ0n) is 15.6. The summed E-state index contributed by atoms with van der Waals surface area (Å²) in [5, 5.41) is 8.48. The normalized spacial score (nSPS) is 22.8. The molecule has 1 spiro atoms. The van der Waals surface area contributed by atoms with Crippen molar-refractivity contribution >= 4 is 17.5 Å². The van der Waals surface area contributed by atoms with Crippen LogP contribution in [0.3, 0.4) is 0 Å². The molecular formula is C20H19ClN6O2. The van der Waals surface area contributed by atoms with Crippen LogP contribution >= 0.6 is 11.6 Å². The predicted octanol–water partition coefficient (Wildman–Crippen LogP) is 2.24. The van der Waals surface area contributed by atoms with E-state index in [1.165, 1.54) is 0 Å². The number of fused-ring (bicyclic) bond motifs is 3. The summed E-state index contributed by atoms with van der Waals surface area (Å²) in [6, 6.07) is 10.0. The predicted molar refractivity (Wildman–Crippen MR) is 105 cm³/mol. The van der Waals surface area contributed by atoms with Crippen LogP contribution in [0.25, 0.3) is 5.69 Å². The summed E-state index contributed by atoms with van der Waals surface area (Å²) in [7, 11) is 0. The molecule has 1 unspecified atom stereocenters. The van der Waals surface area contributed by atoms with E-state index in [2.05, 4.69) is 41.8 Å². The molecule has 9 heteroatoms. The van der Waals surface area contributed by atoms with Crippen LogP contribution in [0.5, 0.6) is 0 Å². The minimum absolute atomic E-state index is 0.219. The first-order valence-corrected chi connectivity index (χ1v) is 10.2. The number of rotatable bonds is 2. The van der Waals surface area contributed by atoms with E-state index in [1.54, 1.807) is 12.4 Å². The van der Waals surface area contributed by atoms with Crippen molar-refractivity contribution < 1.29 is 9.47 Å². The Kier molecular flexibility index (Phi) is 3.87. The highest BCUT2D eigenvalue weighted by molar-refractivity contribution is 6.21. The Morgan fingerprint density at radius 2 is 1.69 bits per heavy atom. The Hall–Kier alpha value is -2.55. The topological polar surface area (TPSA) is 78.2 Å². The number of halogens is 1. The smallest absolute Gasteiger partial charge is 0.225 e. The van der Waals surface area contributed by atoms with Gasteiger partial charge in [0.05, 0.1) is 24.8 Å². The van der Waals surface area contributed by atoms with Crippen molar-refractivity contribution in [2.24, 2.45) is 0 Å². The van der Waals surface area contributed by atoms with Gasteiger partial charge in [-0.2, -0.15) is 0 Å². The molecule has 2 aromatic heterocycles. The Bertz CT molecular complexity index is 1050. The molecule has 2 saturated heterocycles. The average molecular weight is 411 g/mol. The quantitative estimate of drug-likeness (QED) is 0.599. The first-order chi connectivity index (χ1) is 14.3. The maximum absolute atomic E-state index is 6.90. The minimum Gasteiger partial charge on any atom is -0.345 e. The molecule has 0 N–H and O–H groups in total. The van der Waals surface area contributed by atoms with Gasteiger partial charge in [-0.3, -0.25) is 4.57 Å². The third-order valence-electron chi connectivity index (χ3n) is 5.85. The monoisotopic (exact) mass is 410 g/mol. The van der Waals surface area contributed by atoms with Gasteiger partial charge in [0, 0.05) is 31.9 Å². The van der Waals surface area contributed by atoms with Crippen LogP contribution in [-0.2, 0) is 15.9 Å². The van der Waals surface area contributed by atoms with E-state index in [-0.39, 0.29) is 5.92 Å². The summed E-state index contributed by atoms with van der Waals surface area (Å²) in [6.07, 6.45) is 4.09. The van der Waals surface area contributed by atoms with Crippen LogP contribution in [0.1, 0.15) is 28.5 Å². The average Bonchev–Trinajstić information content (AvgIpc) is 3.34. The molecule has 5 heterocycles. The van der Waals surface area contributed by atoms with Crippen LogP contribution in [0.2, 0.25) is 0 Å². The summed E-state index contributed by atoms with van der Waals surface area (Å²) in [5.74, 6) is 1.63. The summed E-state index contributed by atoms with van der Waals surface area (Å²) in [6.45, 7) is 2.63. The van der Waals surface area contributed by atoms with Gasteiger partial charge >= 0.3 is 0 Å². The second kappa shape index (κ2) is 6.48. The van der Waals surface area contributed by atoms with E-state index < -0.39 is 11.2 Å². The van der Waals surface area contributed by atoms with Gasteiger partial charge in [0.15, 0.2) is 11.6 Å². The lowest BCUT2D eigenvalue weighted by Gasteiger charge is -2.38. The van der Waals surface area contributed by atoms with Gasteiger partial charge < -0.3 is 14.4 Å². The van der Waals surface area contributed by atoms with Crippen LogP contribution in [0, 0.1) is 0 Å². The summed E-state index contributed by atoms with van der Waals surface area (Å²) in [5.41, 5.74) is 2.15. The van der Waals surface area contributed by atoms with Crippen LogP contribution < -0.4 is 4.90 Å². The van der Waals surface area contributed by atoms with E-state index in [4.69, 9.17) is 21.1 Å². The van der Waals surface area contributed by atoms with Gasteiger partial charge in [-0.1, -0.05) is 18.2 Å². The van der Waals surface area contributed by atoms with Gasteiger partial charge in [-0.25, -0.2) is 9.97 Å². The van der Waals surface area contributed by atoms with Gasteiger partial charge in [0.1, 0.15) is 11.2 Å². The van der Waals surface area contributed by atoms with E-state index in [1.807, 2.05) is 18.2 Å². The number of hydrogen-bond acceptors (Lipinski definition) is 7. The molecule has 29 heavy (non-hydrogen) atoms. The van der Waals surface area contributed by atoms with Crippen molar-refractivity contribution in [1.82, 2.24) is 24.7 Å². The number of hydrogen-bond donors (Lipinski definition) is 0. The standard InChI is InChI=1S/C20H19ClN6O2/c21-16-18-25-24-17(14-11-26(12-14)19-22-6-3-7-23-19)27(18)15-5-2-1-4-13(15)10-20(16)28-8-9-29-20/h1-7,14,16H,8-12H2. The molecule has 8 nitrogen and oxygen atoms in total. The Balaban J connectivity index is 1.40. The Morgan fingerprint density at radius 1 is 0.966 bits per heavy atom. The summed E-state index contributed by atoms with van der Waals surface area (Å²) in [4.78, 5) is 10.8. The fourth-order valence-corrected chi connectivity index (χ4v) is 4.74. The highest BCUT2D eigenvalue weighted by Crippen LogP contribution is 2.46. The van der Waals surface area contributed by atoms with Crippen molar-refractivity contribution in [3.63, 3.8) is 0 Å². The van der Waals surface area contributed by atoms with E-state index in [0.29, 0.717) is 25.5 Å². The second-order valence-electron chi connectivity index (χ2n) is 7.58. The number of anilines is 1. The molecular weight excluding hydrogens is 392 g/mol. The summed E-state index contributed by atoms with van der Waals surface area (Å²) >= 11 is 6.90. The van der Waals surface area contributed by atoms with E-state index >= 15 is 0 Å². The number of para-hydroxylation sites is 1. The van der Waals surface area contributed by atoms with Crippen molar-refractivity contribution in [3.8, 4) is 5.69 Å². The van der Waals surface area contributed by atoms with Crippen molar-refractivity contribution in [1.29, 1.82) is 0 Å². The number of alkyl halides is 1. The van der Waals surface area contributed by atoms with E-state index in [9.17, 15) is 0 Å². The third-order valence-corrected chi connectivity index (χ3v) is 6.38. The van der Waals surface area contributed by atoms with Crippen molar-refractivity contribution in [2.75, 3.05) is 31.2 Å². The second-order valence-corrected chi connectivity index (χ2v) is 8.02. The molecule has 1 aromatic carbocycles. The molecule has 0 aliphatic carbocycles. The molecule has 1 atom stereocenters. The van der Waals surface area contributed by atoms with Gasteiger partial charge in [-0.15, -0.1) is 21.8 Å². The lowest BCUT2D eigenvalue weighted by atomic mass is 9.99. The lowest BCUT2D eigenvalue weighted by molar-refractivity contribution is -0.159. The molecule has 0 amide bonds. The summed E-state index contributed by atoms with van der Waals surface area (Å²) < 4.78 is 14.1. The molecule has 3 aliphatic heterocycles. The number of nitrogens with zero attached hydrogens (tertiary/aromatic N) is 6. The third kappa shape index (κ3) is 2.59. The zero-order chi connectivity index (χ0) is 19.4. The molecule has 3 aromatic rings. The minimum atomic E-state index is -0.903. The SMILES string of the molecule is ClC1c2nnc(C3CN(c4ncccn4)C3)n2-c2ccccc2CC12OCCO2. The van der Waals surface area contributed by atoms with Gasteiger partial charge in [0.2, 0.25) is 5.95 Å². The molecule has 148 valence electrons. The first kappa shape index (κ1) is 17.3. The highest BCUT2D eigenvalue weighted by Gasteiger charge is 2.50. The number of aromatic nitrogens is 5. The zero-order valence-corrected chi connectivity index (χ0v) is 16.4. The fourth-order valence-electron chi connectivity index (χ4n) is 4.39. The molecule has 3 aliphatic rings. The van der Waals surface area contributed by atoms with Crippen LogP contribution in [-0.4, -0.2) is 56.8 Å². The van der Waals surface area contributed by atoms with Crippen molar-refractivity contribution in [2.45, 2.75) is 23.5 Å². The fraction of sp³-hybridized carbons (Fsp3) is 0.400. The Labute approximate surface area is 172 Å². The van der Waals surface area contributed by atoms with E-state index in [0.717, 1.165) is 36.1 Å². The highest BCUT2D eigenvalue weighted by atomic mass is 35.5. The van der Waals surface area contributed by atoms with Gasteiger partial charge in [-0.05, 0) is 17.7 Å². The lowest BCUT2D eigenvalue weighted by Crippen LogP contribution is -2.47. The largest absolute Gasteiger partial charge is 0.345 e. The van der Waals surface area contributed by atoms with Crippen LogP contribution in [0.4, 0.5) is 5.95 Å². The molecule has 6 rings (SSSR count).